The number of hydrogen-bond donors (Lipinski definition) is 2. The van der Waals surface area contributed by atoms with Gasteiger partial charge in [-0.25, -0.2) is 14.6 Å². The molecule has 2 aromatic heterocycles. The van der Waals surface area contributed by atoms with Crippen molar-refractivity contribution in [3.63, 3.8) is 0 Å². The van der Waals surface area contributed by atoms with E-state index >= 15 is 0 Å². The summed E-state index contributed by atoms with van der Waals surface area (Å²) >= 11 is 0. The predicted molar refractivity (Wildman–Crippen MR) is 156 cm³/mol. The van der Waals surface area contributed by atoms with Crippen LogP contribution in [0.3, 0.4) is 0 Å². The molecule has 0 aliphatic carbocycles. The standard InChI is InChI=1S/C31H33N5O5/c1-31(2,3)41-30(39)35-16-12-21(13-17-35)28(37)34-27-20-25(11-15-32-27)40-24-9-10-26-22(19-24)14-18-36(26)29(38)33-23-7-5-4-6-8-23/h4-11,14-15,18-21H,12-13,16-17H2,1-3H3,(H,33,38)(H,32,34,37). The first-order valence-electron chi connectivity index (χ1n) is 13.5. The van der Waals surface area contributed by atoms with Crippen molar-refractivity contribution in [3.05, 3.63) is 79.1 Å². The van der Waals surface area contributed by atoms with E-state index in [2.05, 4.69) is 15.6 Å². The molecule has 4 aromatic rings. The smallest absolute Gasteiger partial charge is 0.410 e. The quantitative estimate of drug-likeness (QED) is 0.291. The SMILES string of the molecule is CC(C)(C)OC(=O)N1CCC(C(=O)Nc2cc(Oc3ccc4c(ccn4C(=O)Nc4ccccc4)c3)ccn2)CC1. The van der Waals surface area contributed by atoms with Gasteiger partial charge in [0.1, 0.15) is 22.9 Å². The maximum Gasteiger partial charge on any atom is 0.410 e. The molecule has 1 aliphatic heterocycles. The Labute approximate surface area is 238 Å². The number of para-hydroxylation sites is 1. The minimum atomic E-state index is -0.556. The summed E-state index contributed by atoms with van der Waals surface area (Å²) in [7, 11) is 0. The van der Waals surface area contributed by atoms with E-state index in [1.165, 1.54) is 0 Å². The van der Waals surface area contributed by atoms with Crippen LogP contribution in [0.25, 0.3) is 10.9 Å². The highest BCUT2D eigenvalue weighted by Gasteiger charge is 2.30. The number of amides is 3. The molecule has 3 amide bonds. The Kier molecular flexibility index (Phi) is 7.91. The van der Waals surface area contributed by atoms with Crippen molar-refractivity contribution in [1.82, 2.24) is 14.5 Å². The minimum Gasteiger partial charge on any atom is -0.457 e. The van der Waals surface area contributed by atoms with E-state index in [-0.39, 0.29) is 23.9 Å². The molecule has 3 heterocycles. The minimum absolute atomic E-state index is 0.143. The summed E-state index contributed by atoms with van der Waals surface area (Å²) in [5.74, 6) is 1.10. The number of nitrogens with one attached hydrogen (secondary N) is 2. The lowest BCUT2D eigenvalue weighted by atomic mass is 9.96. The van der Waals surface area contributed by atoms with Crippen molar-refractivity contribution >= 4 is 40.4 Å². The first kappa shape index (κ1) is 27.7. The molecule has 2 N–H and O–H groups in total. The van der Waals surface area contributed by atoms with E-state index in [0.717, 1.165) is 10.9 Å². The molecule has 0 bridgehead atoms. The molecular weight excluding hydrogens is 522 g/mol. The largest absolute Gasteiger partial charge is 0.457 e. The van der Waals surface area contributed by atoms with Gasteiger partial charge in [-0.15, -0.1) is 0 Å². The van der Waals surface area contributed by atoms with Gasteiger partial charge in [-0.05, 0) is 76.1 Å². The van der Waals surface area contributed by atoms with Gasteiger partial charge in [0.15, 0.2) is 0 Å². The molecule has 10 heteroatoms. The van der Waals surface area contributed by atoms with Gasteiger partial charge >= 0.3 is 12.1 Å². The second-order valence-corrected chi connectivity index (χ2v) is 10.9. The lowest BCUT2D eigenvalue weighted by molar-refractivity contribution is -0.121. The Morgan fingerprint density at radius 3 is 2.37 bits per heavy atom. The van der Waals surface area contributed by atoms with Crippen LogP contribution in [0.2, 0.25) is 0 Å². The van der Waals surface area contributed by atoms with E-state index in [4.69, 9.17) is 9.47 Å². The Morgan fingerprint density at radius 1 is 0.902 bits per heavy atom. The summed E-state index contributed by atoms with van der Waals surface area (Å²) in [5, 5.41) is 6.59. The Balaban J connectivity index is 1.18. The highest BCUT2D eigenvalue weighted by Crippen LogP contribution is 2.28. The molecule has 1 saturated heterocycles. The molecule has 10 nitrogen and oxygen atoms in total. The number of anilines is 2. The average Bonchev–Trinajstić information content (AvgIpc) is 3.36. The van der Waals surface area contributed by atoms with Crippen LogP contribution in [0.1, 0.15) is 33.6 Å². The Hall–Kier alpha value is -4.86. The molecule has 2 aromatic carbocycles. The molecule has 1 aliphatic rings. The number of pyridine rings is 1. The number of likely N-dealkylation sites (tertiary alicyclic amines) is 1. The fourth-order valence-corrected chi connectivity index (χ4v) is 4.62. The molecule has 212 valence electrons. The summed E-state index contributed by atoms with van der Waals surface area (Å²) < 4.78 is 13.0. The van der Waals surface area contributed by atoms with Crippen molar-refractivity contribution in [2.45, 2.75) is 39.2 Å². The third-order valence-electron chi connectivity index (χ3n) is 6.64. The molecular formula is C31H33N5O5. The van der Waals surface area contributed by atoms with E-state index < -0.39 is 5.60 Å². The maximum absolute atomic E-state index is 12.9. The summed E-state index contributed by atoms with van der Waals surface area (Å²) in [4.78, 5) is 43.9. The van der Waals surface area contributed by atoms with Gasteiger partial charge in [0.25, 0.3) is 0 Å². The van der Waals surface area contributed by atoms with Crippen molar-refractivity contribution < 1.29 is 23.9 Å². The third kappa shape index (κ3) is 7.02. The zero-order valence-corrected chi connectivity index (χ0v) is 23.3. The molecule has 0 spiro atoms. The summed E-state index contributed by atoms with van der Waals surface area (Å²) in [6.45, 7) is 6.42. The topological polar surface area (TPSA) is 115 Å². The normalized spacial score (nSPS) is 14.0. The van der Waals surface area contributed by atoms with Gasteiger partial charge in [-0.1, -0.05) is 18.2 Å². The molecule has 0 atom stereocenters. The fraction of sp³-hybridized carbons (Fsp3) is 0.290. The highest BCUT2D eigenvalue weighted by atomic mass is 16.6. The zero-order chi connectivity index (χ0) is 29.0. The first-order chi connectivity index (χ1) is 19.6. The van der Waals surface area contributed by atoms with Crippen LogP contribution in [0, 0.1) is 5.92 Å². The van der Waals surface area contributed by atoms with Crippen molar-refractivity contribution in [2.24, 2.45) is 5.92 Å². The average molecular weight is 556 g/mol. The van der Waals surface area contributed by atoms with E-state index in [1.54, 1.807) is 40.1 Å². The van der Waals surface area contributed by atoms with Crippen molar-refractivity contribution in [1.29, 1.82) is 0 Å². The number of carbonyl (C=O) groups is 3. The number of rotatable bonds is 5. The van der Waals surface area contributed by atoms with Crippen LogP contribution in [0.15, 0.2) is 79.1 Å². The van der Waals surface area contributed by atoms with Crippen LogP contribution >= 0.6 is 0 Å². The molecule has 0 unspecified atom stereocenters. The number of carbonyl (C=O) groups excluding carboxylic acids is 3. The van der Waals surface area contributed by atoms with E-state index in [9.17, 15) is 14.4 Å². The monoisotopic (exact) mass is 555 g/mol. The van der Waals surface area contributed by atoms with Gasteiger partial charge in [0, 0.05) is 48.5 Å². The van der Waals surface area contributed by atoms with Crippen LogP contribution in [0.4, 0.5) is 21.1 Å². The van der Waals surface area contributed by atoms with E-state index in [1.807, 2.05) is 69.3 Å². The summed E-state index contributed by atoms with van der Waals surface area (Å²) in [5.41, 5.74) is 0.900. The molecule has 0 saturated carbocycles. The zero-order valence-electron chi connectivity index (χ0n) is 23.3. The van der Waals surface area contributed by atoms with Gasteiger partial charge < -0.3 is 25.0 Å². The van der Waals surface area contributed by atoms with Crippen molar-refractivity contribution in [3.8, 4) is 11.5 Å². The van der Waals surface area contributed by atoms with Gasteiger partial charge in [-0.3, -0.25) is 9.36 Å². The van der Waals surface area contributed by atoms with Gasteiger partial charge in [0.05, 0.1) is 5.52 Å². The van der Waals surface area contributed by atoms with Crippen LogP contribution in [-0.2, 0) is 9.53 Å². The second kappa shape index (κ2) is 11.7. The summed E-state index contributed by atoms with van der Waals surface area (Å²) in [6, 6.07) is 19.7. The maximum atomic E-state index is 12.9. The number of benzene rings is 2. The first-order valence-corrected chi connectivity index (χ1v) is 13.5. The number of fused-ring (bicyclic) bond motifs is 1. The number of piperidine rings is 1. The Bertz CT molecular complexity index is 1550. The van der Waals surface area contributed by atoms with Crippen molar-refractivity contribution in [2.75, 3.05) is 23.7 Å². The van der Waals surface area contributed by atoms with Gasteiger partial charge in [-0.2, -0.15) is 0 Å². The molecule has 41 heavy (non-hydrogen) atoms. The Morgan fingerprint density at radius 2 is 1.63 bits per heavy atom. The number of ether oxygens (including phenoxy) is 2. The molecule has 0 radical (unpaired) electrons. The van der Waals surface area contributed by atoms with Crippen LogP contribution in [0.5, 0.6) is 11.5 Å². The second-order valence-electron chi connectivity index (χ2n) is 10.9. The number of nitrogens with zero attached hydrogens (tertiary/aromatic N) is 3. The predicted octanol–water partition coefficient (Wildman–Crippen LogP) is 6.49. The number of hydrogen-bond acceptors (Lipinski definition) is 6. The fourth-order valence-electron chi connectivity index (χ4n) is 4.62. The summed E-state index contributed by atoms with van der Waals surface area (Å²) in [6.07, 6.45) is 4.02. The van der Waals surface area contributed by atoms with E-state index in [0.29, 0.717) is 48.9 Å². The third-order valence-corrected chi connectivity index (χ3v) is 6.64. The molecule has 1 fully saturated rings. The number of aromatic nitrogens is 2. The lowest BCUT2D eigenvalue weighted by Gasteiger charge is -2.32. The van der Waals surface area contributed by atoms with Crippen LogP contribution < -0.4 is 15.4 Å². The van der Waals surface area contributed by atoms with Crippen LogP contribution in [-0.4, -0.2) is 51.2 Å². The molecule has 5 rings (SSSR count). The lowest BCUT2D eigenvalue weighted by Crippen LogP contribution is -2.43. The highest BCUT2D eigenvalue weighted by molar-refractivity contribution is 5.98. The van der Waals surface area contributed by atoms with Gasteiger partial charge in [0.2, 0.25) is 5.91 Å².